The molecule has 0 unspecified atom stereocenters. The minimum Gasteiger partial charge on any atom is -0.492 e. The third-order valence-electron chi connectivity index (χ3n) is 5.05. The van der Waals surface area contributed by atoms with Crippen LogP contribution in [0.15, 0.2) is 67.3 Å². The number of allylic oxidation sites excluding steroid dienone is 1. The summed E-state index contributed by atoms with van der Waals surface area (Å²) in [5.74, 6) is 1.80. The van der Waals surface area contributed by atoms with Gasteiger partial charge < -0.3 is 4.74 Å². The molecule has 0 atom stereocenters. The molecule has 0 saturated carbocycles. The Balaban J connectivity index is 1.34. The Kier molecular flexibility index (Phi) is 6.70. The minimum atomic E-state index is 0.768. The number of likely N-dealkylation sites (tertiary alicyclic amines) is 1. The van der Waals surface area contributed by atoms with Crippen LogP contribution in [0.3, 0.4) is 0 Å². The Hall–Kier alpha value is -2.06. The molecule has 2 nitrogen and oxygen atoms in total. The molecule has 0 aliphatic carbocycles. The zero-order valence-corrected chi connectivity index (χ0v) is 15.1. The zero-order chi connectivity index (χ0) is 17.3. The summed E-state index contributed by atoms with van der Waals surface area (Å²) in [5, 5.41) is 0. The van der Waals surface area contributed by atoms with Gasteiger partial charge in [-0.2, -0.15) is 0 Å². The minimum absolute atomic E-state index is 0.768. The predicted molar refractivity (Wildman–Crippen MR) is 105 cm³/mol. The van der Waals surface area contributed by atoms with Crippen molar-refractivity contribution in [2.24, 2.45) is 5.92 Å². The van der Waals surface area contributed by atoms with Crippen molar-refractivity contribution < 1.29 is 4.74 Å². The van der Waals surface area contributed by atoms with Gasteiger partial charge in [0.15, 0.2) is 0 Å². The van der Waals surface area contributed by atoms with E-state index in [0.29, 0.717) is 0 Å². The molecule has 25 heavy (non-hydrogen) atoms. The summed E-state index contributed by atoms with van der Waals surface area (Å²) in [4.78, 5) is 2.54. The maximum atomic E-state index is 5.90. The van der Waals surface area contributed by atoms with Crippen molar-refractivity contribution in [2.45, 2.75) is 25.7 Å². The van der Waals surface area contributed by atoms with Gasteiger partial charge in [0.25, 0.3) is 0 Å². The van der Waals surface area contributed by atoms with Gasteiger partial charge >= 0.3 is 0 Å². The highest BCUT2D eigenvalue weighted by Crippen LogP contribution is 2.21. The average Bonchev–Trinajstić information content (AvgIpc) is 2.66. The molecule has 0 spiro atoms. The van der Waals surface area contributed by atoms with Gasteiger partial charge in [-0.05, 0) is 68.0 Å². The number of benzene rings is 2. The van der Waals surface area contributed by atoms with E-state index in [4.69, 9.17) is 4.74 Å². The van der Waals surface area contributed by atoms with E-state index in [0.717, 1.165) is 31.2 Å². The van der Waals surface area contributed by atoms with E-state index in [9.17, 15) is 0 Å². The molecule has 0 bridgehead atoms. The first-order chi connectivity index (χ1) is 12.3. The molecule has 0 radical (unpaired) electrons. The Morgan fingerprint density at radius 1 is 0.960 bits per heavy atom. The molecule has 132 valence electrons. The highest BCUT2D eigenvalue weighted by atomic mass is 16.5. The topological polar surface area (TPSA) is 12.5 Å². The highest BCUT2D eigenvalue weighted by molar-refractivity contribution is 5.28. The molecule has 1 fully saturated rings. The Morgan fingerprint density at radius 3 is 2.36 bits per heavy atom. The quantitative estimate of drug-likeness (QED) is 0.646. The summed E-state index contributed by atoms with van der Waals surface area (Å²) < 4.78 is 5.90. The second kappa shape index (κ2) is 9.43. The van der Waals surface area contributed by atoms with Crippen LogP contribution >= 0.6 is 0 Å². The van der Waals surface area contributed by atoms with Gasteiger partial charge in [-0.15, -0.1) is 6.58 Å². The van der Waals surface area contributed by atoms with Crippen molar-refractivity contribution in [3.05, 3.63) is 78.4 Å². The fourth-order valence-corrected chi connectivity index (χ4v) is 3.54. The normalized spacial score (nSPS) is 15.8. The van der Waals surface area contributed by atoms with E-state index in [2.05, 4.69) is 66.1 Å². The summed E-state index contributed by atoms with van der Waals surface area (Å²) in [7, 11) is 0. The number of piperidine rings is 1. The smallest absolute Gasteiger partial charge is 0.119 e. The van der Waals surface area contributed by atoms with Crippen LogP contribution in [0.5, 0.6) is 5.75 Å². The summed E-state index contributed by atoms with van der Waals surface area (Å²) >= 11 is 0. The van der Waals surface area contributed by atoms with Crippen LogP contribution in [0.2, 0.25) is 0 Å². The van der Waals surface area contributed by atoms with Gasteiger partial charge in [0.2, 0.25) is 0 Å². The van der Waals surface area contributed by atoms with E-state index in [-0.39, 0.29) is 0 Å². The number of rotatable bonds is 8. The summed E-state index contributed by atoms with van der Waals surface area (Å²) in [5.41, 5.74) is 2.76. The van der Waals surface area contributed by atoms with Gasteiger partial charge in [0.1, 0.15) is 12.4 Å². The first-order valence-corrected chi connectivity index (χ1v) is 9.42. The molecular formula is C23H29NO. The van der Waals surface area contributed by atoms with Crippen molar-refractivity contribution in [2.75, 3.05) is 26.2 Å². The first-order valence-electron chi connectivity index (χ1n) is 9.42. The summed E-state index contributed by atoms with van der Waals surface area (Å²) in [6.45, 7) is 7.95. The molecule has 0 aromatic heterocycles. The summed E-state index contributed by atoms with van der Waals surface area (Å²) in [6, 6.07) is 19.2. The van der Waals surface area contributed by atoms with Crippen molar-refractivity contribution in [1.29, 1.82) is 0 Å². The zero-order valence-electron chi connectivity index (χ0n) is 15.1. The average molecular weight is 335 g/mol. The van der Waals surface area contributed by atoms with Gasteiger partial charge in [0, 0.05) is 6.54 Å². The lowest BCUT2D eigenvalue weighted by Gasteiger charge is -2.31. The van der Waals surface area contributed by atoms with Crippen LogP contribution in [0, 0.1) is 5.92 Å². The molecule has 2 heteroatoms. The molecular weight excluding hydrogens is 306 g/mol. The van der Waals surface area contributed by atoms with E-state index in [1.165, 1.54) is 43.5 Å². The molecule has 1 aliphatic heterocycles. The summed E-state index contributed by atoms with van der Waals surface area (Å²) in [6.07, 6.45) is 6.66. The second-order valence-corrected chi connectivity index (χ2v) is 6.96. The van der Waals surface area contributed by atoms with E-state index < -0.39 is 0 Å². The van der Waals surface area contributed by atoms with Gasteiger partial charge in [-0.25, -0.2) is 0 Å². The lowest BCUT2D eigenvalue weighted by atomic mass is 9.90. The number of hydrogen-bond acceptors (Lipinski definition) is 2. The first kappa shape index (κ1) is 17.8. The molecule has 1 heterocycles. The van der Waals surface area contributed by atoms with E-state index in [1.807, 2.05) is 6.08 Å². The number of nitrogens with zero attached hydrogens (tertiary/aromatic N) is 1. The molecule has 3 rings (SSSR count). The van der Waals surface area contributed by atoms with Crippen LogP contribution in [0.1, 0.15) is 24.0 Å². The molecule has 0 N–H and O–H groups in total. The lowest BCUT2D eigenvalue weighted by Crippen LogP contribution is -2.37. The second-order valence-electron chi connectivity index (χ2n) is 6.96. The molecule has 0 amide bonds. The van der Waals surface area contributed by atoms with Crippen molar-refractivity contribution in [1.82, 2.24) is 4.90 Å². The van der Waals surface area contributed by atoms with Crippen LogP contribution in [0.4, 0.5) is 0 Å². The highest BCUT2D eigenvalue weighted by Gasteiger charge is 2.19. The number of hydrogen-bond donors (Lipinski definition) is 0. The molecule has 2 aromatic carbocycles. The Morgan fingerprint density at radius 2 is 1.68 bits per heavy atom. The lowest BCUT2D eigenvalue weighted by molar-refractivity contribution is 0.155. The predicted octanol–water partition coefficient (Wildman–Crippen LogP) is 4.75. The van der Waals surface area contributed by atoms with Crippen molar-refractivity contribution in [3.63, 3.8) is 0 Å². The van der Waals surface area contributed by atoms with E-state index >= 15 is 0 Å². The maximum Gasteiger partial charge on any atom is 0.119 e. The third kappa shape index (κ3) is 5.75. The van der Waals surface area contributed by atoms with Crippen molar-refractivity contribution >= 4 is 0 Å². The monoisotopic (exact) mass is 335 g/mol. The molecule has 1 aliphatic rings. The van der Waals surface area contributed by atoms with Gasteiger partial charge in [0.05, 0.1) is 0 Å². The van der Waals surface area contributed by atoms with Gasteiger partial charge in [-0.1, -0.05) is 48.5 Å². The standard InChI is InChI=1S/C23H29NO/c1-2-6-20-9-11-23(12-10-20)25-18-17-24-15-13-22(14-16-24)19-21-7-4-3-5-8-21/h2-5,7-12,22H,1,6,13-19H2. The molecule has 2 aromatic rings. The molecule has 1 saturated heterocycles. The van der Waals surface area contributed by atoms with Crippen molar-refractivity contribution in [3.8, 4) is 5.75 Å². The Labute approximate surface area is 152 Å². The Bertz CT molecular complexity index is 627. The van der Waals surface area contributed by atoms with Crippen LogP contribution < -0.4 is 4.74 Å². The SMILES string of the molecule is C=CCc1ccc(OCCN2CCC(Cc3ccccc3)CC2)cc1. The fraction of sp³-hybridized carbons (Fsp3) is 0.391. The third-order valence-corrected chi connectivity index (χ3v) is 5.05. The maximum absolute atomic E-state index is 5.90. The van der Waals surface area contributed by atoms with Crippen LogP contribution in [-0.2, 0) is 12.8 Å². The number of ether oxygens (including phenoxy) is 1. The van der Waals surface area contributed by atoms with Crippen LogP contribution in [-0.4, -0.2) is 31.1 Å². The van der Waals surface area contributed by atoms with Crippen LogP contribution in [0.25, 0.3) is 0 Å². The largest absolute Gasteiger partial charge is 0.492 e. The van der Waals surface area contributed by atoms with E-state index in [1.54, 1.807) is 0 Å². The van der Waals surface area contributed by atoms with Gasteiger partial charge in [-0.3, -0.25) is 4.90 Å². The fourth-order valence-electron chi connectivity index (χ4n) is 3.54.